The molecule has 3 aromatic rings. The number of hydrogen-bond acceptors (Lipinski definition) is 5. The summed E-state index contributed by atoms with van der Waals surface area (Å²) >= 11 is 3.38. The van der Waals surface area contributed by atoms with Gasteiger partial charge < -0.3 is 4.74 Å². The number of nitrogens with one attached hydrogen (secondary N) is 1. The average molecular weight is 530 g/mol. The SMILES string of the molecule is COc1ccc(Br)cc1/C=N\NC(=O)CN(CCc1ccccc1)S(=O)(=O)c1ccccc1. The van der Waals surface area contributed by atoms with Crippen LogP contribution in [0.2, 0.25) is 0 Å². The molecular formula is C24H24BrN3O4S. The van der Waals surface area contributed by atoms with E-state index in [0.717, 1.165) is 10.0 Å². The van der Waals surface area contributed by atoms with Gasteiger partial charge >= 0.3 is 0 Å². The molecule has 0 aromatic heterocycles. The second-order valence-electron chi connectivity index (χ2n) is 7.07. The summed E-state index contributed by atoms with van der Waals surface area (Å²) in [6.45, 7) is -0.213. The summed E-state index contributed by atoms with van der Waals surface area (Å²) in [6, 6.07) is 23.0. The van der Waals surface area contributed by atoms with Crippen molar-refractivity contribution in [3.05, 3.63) is 94.5 Å². The molecule has 0 fully saturated rings. The molecule has 1 amide bonds. The first-order chi connectivity index (χ1) is 15.9. The van der Waals surface area contributed by atoms with Crippen LogP contribution in [0.3, 0.4) is 0 Å². The van der Waals surface area contributed by atoms with E-state index in [1.807, 2.05) is 36.4 Å². The Kier molecular flexibility index (Phi) is 8.76. The van der Waals surface area contributed by atoms with Gasteiger partial charge in [0.05, 0.1) is 24.8 Å². The summed E-state index contributed by atoms with van der Waals surface area (Å²) in [7, 11) is -2.33. The number of sulfonamides is 1. The zero-order chi connectivity index (χ0) is 23.7. The van der Waals surface area contributed by atoms with E-state index >= 15 is 0 Å². The van der Waals surface area contributed by atoms with Crippen molar-refractivity contribution in [3.8, 4) is 5.75 Å². The van der Waals surface area contributed by atoms with Gasteiger partial charge in [0, 0.05) is 16.6 Å². The lowest BCUT2D eigenvalue weighted by Gasteiger charge is -2.21. The Hall–Kier alpha value is -3.01. The molecule has 9 heteroatoms. The number of halogens is 1. The van der Waals surface area contributed by atoms with Gasteiger partial charge in [-0.1, -0.05) is 64.5 Å². The van der Waals surface area contributed by atoms with Crippen LogP contribution in [-0.2, 0) is 21.2 Å². The largest absolute Gasteiger partial charge is 0.496 e. The fourth-order valence-electron chi connectivity index (χ4n) is 3.10. The van der Waals surface area contributed by atoms with Crippen molar-refractivity contribution in [3.63, 3.8) is 0 Å². The molecular weight excluding hydrogens is 506 g/mol. The van der Waals surface area contributed by atoms with Gasteiger partial charge in [0.15, 0.2) is 0 Å². The van der Waals surface area contributed by atoms with E-state index in [-0.39, 0.29) is 18.0 Å². The number of benzene rings is 3. The van der Waals surface area contributed by atoms with E-state index in [4.69, 9.17) is 4.74 Å². The quantitative estimate of drug-likeness (QED) is 0.319. The maximum atomic E-state index is 13.2. The van der Waals surface area contributed by atoms with Gasteiger partial charge in [-0.2, -0.15) is 9.41 Å². The van der Waals surface area contributed by atoms with Crippen molar-refractivity contribution in [2.45, 2.75) is 11.3 Å². The maximum Gasteiger partial charge on any atom is 0.255 e. The van der Waals surface area contributed by atoms with Gasteiger partial charge in [0.2, 0.25) is 10.0 Å². The predicted molar refractivity (Wildman–Crippen MR) is 132 cm³/mol. The number of hydrogen-bond donors (Lipinski definition) is 1. The Morgan fingerprint density at radius 2 is 1.73 bits per heavy atom. The molecule has 7 nitrogen and oxygen atoms in total. The average Bonchev–Trinajstić information content (AvgIpc) is 2.83. The molecule has 0 aliphatic carbocycles. The molecule has 0 spiro atoms. The third kappa shape index (κ3) is 6.98. The first-order valence-electron chi connectivity index (χ1n) is 10.1. The van der Waals surface area contributed by atoms with E-state index in [1.165, 1.54) is 29.8 Å². The highest BCUT2D eigenvalue weighted by Gasteiger charge is 2.26. The molecule has 0 unspecified atom stereocenters. The minimum absolute atomic E-state index is 0.133. The Balaban J connectivity index is 1.73. The van der Waals surface area contributed by atoms with Crippen molar-refractivity contribution in [1.82, 2.24) is 9.73 Å². The number of rotatable bonds is 10. The van der Waals surface area contributed by atoms with Gasteiger partial charge in [-0.3, -0.25) is 4.79 Å². The molecule has 0 bridgehead atoms. The number of nitrogens with zero attached hydrogens (tertiary/aromatic N) is 2. The first kappa shape index (κ1) is 24.6. The Bertz CT molecular complexity index is 1200. The van der Waals surface area contributed by atoms with Crippen LogP contribution in [0, 0.1) is 0 Å². The van der Waals surface area contributed by atoms with E-state index < -0.39 is 15.9 Å². The molecule has 0 atom stereocenters. The van der Waals surface area contributed by atoms with Gasteiger partial charge in [0.25, 0.3) is 5.91 Å². The Morgan fingerprint density at radius 3 is 2.39 bits per heavy atom. The lowest BCUT2D eigenvalue weighted by atomic mass is 10.1. The Morgan fingerprint density at radius 1 is 1.06 bits per heavy atom. The molecule has 0 saturated carbocycles. The minimum Gasteiger partial charge on any atom is -0.496 e. The molecule has 0 saturated heterocycles. The van der Waals surface area contributed by atoms with Crippen LogP contribution in [0.5, 0.6) is 5.75 Å². The summed E-state index contributed by atoms with van der Waals surface area (Å²) in [5.41, 5.74) is 4.04. The van der Waals surface area contributed by atoms with Crippen molar-refractivity contribution < 1.29 is 17.9 Å². The smallest absolute Gasteiger partial charge is 0.255 e. The number of ether oxygens (including phenoxy) is 1. The third-order valence-electron chi connectivity index (χ3n) is 4.78. The standard InChI is InChI=1S/C24H24BrN3O4S/c1-32-23-13-12-21(25)16-20(23)17-26-27-24(29)18-28(15-14-19-8-4-2-5-9-19)33(30,31)22-10-6-3-7-11-22/h2-13,16-17H,14-15,18H2,1H3,(H,27,29)/b26-17-. The van der Waals surface area contributed by atoms with Gasteiger partial charge in [-0.15, -0.1) is 0 Å². The van der Waals surface area contributed by atoms with E-state index in [2.05, 4.69) is 26.5 Å². The monoisotopic (exact) mass is 529 g/mol. The molecule has 33 heavy (non-hydrogen) atoms. The van der Waals surface area contributed by atoms with Gasteiger partial charge in [-0.25, -0.2) is 13.8 Å². The normalized spacial score (nSPS) is 11.6. The van der Waals surface area contributed by atoms with E-state index in [9.17, 15) is 13.2 Å². The topological polar surface area (TPSA) is 88.1 Å². The number of hydrazone groups is 1. The molecule has 0 aliphatic heterocycles. The third-order valence-corrected chi connectivity index (χ3v) is 7.13. The second kappa shape index (κ2) is 11.7. The highest BCUT2D eigenvalue weighted by molar-refractivity contribution is 9.10. The van der Waals surface area contributed by atoms with Crippen LogP contribution in [-0.4, -0.2) is 45.0 Å². The summed E-state index contributed by atoms with van der Waals surface area (Å²) < 4.78 is 33.7. The van der Waals surface area contributed by atoms with Crippen LogP contribution in [0.4, 0.5) is 0 Å². The molecule has 0 radical (unpaired) electrons. The van der Waals surface area contributed by atoms with E-state index in [1.54, 1.807) is 30.3 Å². The van der Waals surface area contributed by atoms with E-state index in [0.29, 0.717) is 17.7 Å². The fraction of sp³-hybridized carbons (Fsp3) is 0.167. The van der Waals surface area contributed by atoms with Crippen LogP contribution < -0.4 is 10.2 Å². The van der Waals surface area contributed by atoms with Crippen molar-refractivity contribution in [2.24, 2.45) is 5.10 Å². The van der Waals surface area contributed by atoms with Crippen LogP contribution in [0.15, 0.2) is 93.3 Å². The molecule has 172 valence electrons. The molecule has 1 N–H and O–H groups in total. The lowest BCUT2D eigenvalue weighted by Crippen LogP contribution is -2.40. The number of carbonyl (C=O) groups is 1. The highest BCUT2D eigenvalue weighted by Crippen LogP contribution is 2.21. The highest BCUT2D eigenvalue weighted by atomic mass is 79.9. The summed E-state index contributed by atoms with van der Waals surface area (Å²) in [5.74, 6) is 0.0418. The predicted octanol–water partition coefficient (Wildman–Crippen LogP) is 3.84. The number of methoxy groups -OCH3 is 1. The first-order valence-corrected chi connectivity index (χ1v) is 12.4. The van der Waals surface area contributed by atoms with Gasteiger partial charge in [0.1, 0.15) is 5.75 Å². The zero-order valence-corrected chi connectivity index (χ0v) is 20.4. The molecule has 3 aromatic carbocycles. The Labute approximate surface area is 202 Å². The summed E-state index contributed by atoms with van der Waals surface area (Å²) in [4.78, 5) is 12.7. The van der Waals surface area contributed by atoms with Crippen LogP contribution in [0.25, 0.3) is 0 Å². The number of amides is 1. The minimum atomic E-state index is -3.87. The fourth-order valence-corrected chi connectivity index (χ4v) is 4.90. The van der Waals surface area contributed by atoms with Crippen LogP contribution in [0.1, 0.15) is 11.1 Å². The van der Waals surface area contributed by atoms with Crippen LogP contribution >= 0.6 is 15.9 Å². The maximum absolute atomic E-state index is 13.2. The lowest BCUT2D eigenvalue weighted by molar-refractivity contribution is -0.121. The molecule has 0 heterocycles. The second-order valence-corrected chi connectivity index (χ2v) is 9.92. The van der Waals surface area contributed by atoms with Crippen molar-refractivity contribution >= 4 is 38.1 Å². The van der Waals surface area contributed by atoms with Gasteiger partial charge in [-0.05, 0) is 42.3 Å². The summed E-state index contributed by atoms with van der Waals surface area (Å²) in [6.07, 6.45) is 1.92. The number of carbonyl (C=O) groups excluding carboxylic acids is 1. The molecule has 0 aliphatic rings. The molecule has 3 rings (SSSR count). The van der Waals surface area contributed by atoms with Crippen molar-refractivity contribution in [2.75, 3.05) is 20.2 Å². The summed E-state index contributed by atoms with van der Waals surface area (Å²) in [5, 5.41) is 3.97. The zero-order valence-electron chi connectivity index (χ0n) is 18.0. The van der Waals surface area contributed by atoms with Crippen molar-refractivity contribution in [1.29, 1.82) is 0 Å².